The lowest BCUT2D eigenvalue weighted by atomic mass is 10.0. The quantitative estimate of drug-likeness (QED) is 0.932. The molecule has 1 heterocycles. The first-order valence-corrected chi connectivity index (χ1v) is 6.99. The van der Waals surface area contributed by atoms with Crippen molar-refractivity contribution in [1.82, 2.24) is 9.78 Å². The Morgan fingerprint density at radius 2 is 2.28 bits per heavy atom. The summed E-state index contributed by atoms with van der Waals surface area (Å²) in [5.74, 6) is 0. The number of aryl methyl sites for hydroxylation is 1. The highest BCUT2D eigenvalue weighted by Gasteiger charge is 2.12. The zero-order valence-corrected chi connectivity index (χ0v) is 12.4. The lowest BCUT2D eigenvalue weighted by Crippen LogP contribution is -2.13. The molecule has 0 aliphatic rings. The molecule has 3 nitrogen and oxygen atoms in total. The van der Waals surface area contributed by atoms with Crippen LogP contribution < -0.4 is 5.73 Å². The fourth-order valence-electron chi connectivity index (χ4n) is 1.85. The Balaban J connectivity index is 2.13. The van der Waals surface area contributed by atoms with Crippen molar-refractivity contribution in [3.05, 3.63) is 51.2 Å². The van der Waals surface area contributed by atoms with Gasteiger partial charge in [-0.3, -0.25) is 4.68 Å². The van der Waals surface area contributed by atoms with Crippen LogP contribution in [0.5, 0.6) is 0 Å². The highest BCUT2D eigenvalue weighted by atomic mass is 79.9. The molecule has 1 aromatic carbocycles. The maximum Gasteiger partial charge on any atom is 0.0522 e. The van der Waals surface area contributed by atoms with E-state index in [2.05, 4.69) is 28.0 Å². The third-order valence-electron chi connectivity index (χ3n) is 2.83. The van der Waals surface area contributed by atoms with Gasteiger partial charge >= 0.3 is 0 Å². The summed E-state index contributed by atoms with van der Waals surface area (Å²) in [4.78, 5) is 0. The smallest absolute Gasteiger partial charge is 0.0522 e. The third-order valence-corrected chi connectivity index (χ3v) is 3.65. The number of nitrogens with zero attached hydrogens (tertiary/aromatic N) is 2. The van der Waals surface area contributed by atoms with Gasteiger partial charge in [-0.15, -0.1) is 0 Å². The molecule has 0 bridgehead atoms. The van der Waals surface area contributed by atoms with E-state index in [4.69, 9.17) is 17.3 Å². The highest BCUT2D eigenvalue weighted by molar-refractivity contribution is 9.10. The van der Waals surface area contributed by atoms with E-state index in [0.717, 1.165) is 28.6 Å². The van der Waals surface area contributed by atoms with Crippen LogP contribution in [0.2, 0.25) is 5.02 Å². The minimum absolute atomic E-state index is 0.111. The van der Waals surface area contributed by atoms with Gasteiger partial charge in [-0.1, -0.05) is 33.6 Å². The zero-order valence-electron chi connectivity index (χ0n) is 10.1. The molecule has 2 N–H and O–H groups in total. The topological polar surface area (TPSA) is 43.8 Å². The van der Waals surface area contributed by atoms with Gasteiger partial charge in [-0.05, 0) is 36.6 Å². The summed E-state index contributed by atoms with van der Waals surface area (Å²) in [5.41, 5.74) is 8.28. The molecular formula is C13H15BrClN3. The zero-order chi connectivity index (χ0) is 13.1. The molecule has 96 valence electrons. The van der Waals surface area contributed by atoms with Gasteiger partial charge in [-0.2, -0.15) is 5.10 Å². The van der Waals surface area contributed by atoms with Crippen molar-refractivity contribution in [2.75, 3.05) is 0 Å². The molecule has 0 saturated heterocycles. The van der Waals surface area contributed by atoms with E-state index in [1.165, 1.54) is 0 Å². The maximum atomic E-state index is 6.19. The van der Waals surface area contributed by atoms with Crippen LogP contribution in [0.4, 0.5) is 0 Å². The van der Waals surface area contributed by atoms with Crippen molar-refractivity contribution in [3.63, 3.8) is 0 Å². The molecule has 2 rings (SSSR count). The van der Waals surface area contributed by atoms with Crippen molar-refractivity contribution >= 4 is 27.5 Å². The molecule has 0 fully saturated rings. The van der Waals surface area contributed by atoms with Crippen LogP contribution in [0.1, 0.15) is 24.1 Å². The minimum atomic E-state index is -0.111. The first-order valence-electron chi connectivity index (χ1n) is 5.82. The number of nitrogens with two attached hydrogens (primary N) is 1. The van der Waals surface area contributed by atoms with Crippen LogP contribution in [-0.2, 0) is 13.0 Å². The van der Waals surface area contributed by atoms with Crippen LogP contribution in [0.3, 0.4) is 0 Å². The predicted octanol–water partition coefficient (Wildman–Crippen LogP) is 3.56. The van der Waals surface area contributed by atoms with Crippen molar-refractivity contribution in [2.45, 2.75) is 25.9 Å². The molecule has 18 heavy (non-hydrogen) atoms. The molecule has 0 radical (unpaired) electrons. The van der Waals surface area contributed by atoms with Crippen molar-refractivity contribution in [2.24, 2.45) is 5.73 Å². The van der Waals surface area contributed by atoms with E-state index in [1.54, 1.807) is 0 Å². The number of rotatable bonds is 4. The van der Waals surface area contributed by atoms with Gasteiger partial charge in [0.2, 0.25) is 0 Å². The second-order valence-corrected chi connectivity index (χ2v) is 5.50. The fraction of sp³-hybridized carbons (Fsp3) is 0.308. The second kappa shape index (κ2) is 5.87. The van der Waals surface area contributed by atoms with E-state index in [1.807, 2.05) is 35.3 Å². The van der Waals surface area contributed by atoms with Gasteiger partial charge < -0.3 is 5.73 Å². The number of hydrogen-bond donors (Lipinski definition) is 1. The van der Waals surface area contributed by atoms with Crippen LogP contribution in [0.15, 0.2) is 35.1 Å². The summed E-state index contributed by atoms with van der Waals surface area (Å²) < 4.78 is 2.85. The Labute approximate surface area is 120 Å². The standard InChI is InChI=1S/C13H15BrClN3/c1-2-18-8-9(7-17-18)5-13(16)11-4-3-10(14)6-12(11)15/h3-4,6-8,13H,2,5,16H2,1H3. The second-order valence-electron chi connectivity index (χ2n) is 4.18. The number of hydrogen-bond acceptors (Lipinski definition) is 2. The lowest BCUT2D eigenvalue weighted by molar-refractivity contribution is 0.657. The summed E-state index contributed by atoms with van der Waals surface area (Å²) in [5, 5.41) is 4.93. The monoisotopic (exact) mass is 327 g/mol. The first kappa shape index (κ1) is 13.6. The molecular weight excluding hydrogens is 314 g/mol. The molecule has 0 amide bonds. The molecule has 2 aromatic rings. The van der Waals surface area contributed by atoms with Crippen molar-refractivity contribution in [3.8, 4) is 0 Å². The Hall–Kier alpha value is -0.840. The summed E-state index contributed by atoms with van der Waals surface area (Å²) >= 11 is 9.58. The molecule has 5 heteroatoms. The largest absolute Gasteiger partial charge is 0.324 e. The van der Waals surface area contributed by atoms with Crippen LogP contribution >= 0.6 is 27.5 Å². The van der Waals surface area contributed by atoms with Gasteiger partial charge in [0.1, 0.15) is 0 Å². The van der Waals surface area contributed by atoms with Gasteiger partial charge in [0, 0.05) is 28.3 Å². The molecule has 1 unspecified atom stereocenters. The summed E-state index contributed by atoms with van der Waals surface area (Å²) in [6.07, 6.45) is 4.62. The van der Waals surface area contributed by atoms with E-state index in [9.17, 15) is 0 Å². The van der Waals surface area contributed by atoms with Gasteiger partial charge in [0.15, 0.2) is 0 Å². The fourth-order valence-corrected chi connectivity index (χ4v) is 2.66. The molecule has 0 spiro atoms. The SMILES string of the molecule is CCn1cc(CC(N)c2ccc(Br)cc2Cl)cn1. The minimum Gasteiger partial charge on any atom is -0.324 e. The van der Waals surface area contributed by atoms with Gasteiger partial charge in [0.05, 0.1) is 6.20 Å². The van der Waals surface area contributed by atoms with E-state index >= 15 is 0 Å². The third kappa shape index (κ3) is 3.13. The average molecular weight is 329 g/mol. The van der Waals surface area contributed by atoms with Crippen LogP contribution in [0, 0.1) is 0 Å². The average Bonchev–Trinajstić information content (AvgIpc) is 2.76. The Morgan fingerprint density at radius 1 is 1.50 bits per heavy atom. The predicted molar refractivity (Wildman–Crippen MR) is 77.7 cm³/mol. The van der Waals surface area contributed by atoms with Gasteiger partial charge in [0.25, 0.3) is 0 Å². The van der Waals surface area contributed by atoms with Crippen molar-refractivity contribution < 1.29 is 0 Å². The number of aromatic nitrogens is 2. The molecule has 1 aromatic heterocycles. The van der Waals surface area contributed by atoms with Crippen LogP contribution in [0.25, 0.3) is 0 Å². The molecule has 1 atom stereocenters. The highest BCUT2D eigenvalue weighted by Crippen LogP contribution is 2.27. The maximum absolute atomic E-state index is 6.19. The Morgan fingerprint density at radius 3 is 2.89 bits per heavy atom. The van der Waals surface area contributed by atoms with E-state index < -0.39 is 0 Å². The Kier molecular flexibility index (Phi) is 4.43. The van der Waals surface area contributed by atoms with Crippen LogP contribution in [-0.4, -0.2) is 9.78 Å². The molecule has 0 saturated carbocycles. The van der Waals surface area contributed by atoms with E-state index in [-0.39, 0.29) is 6.04 Å². The molecule has 0 aliphatic heterocycles. The lowest BCUT2D eigenvalue weighted by Gasteiger charge is -2.13. The number of halogens is 2. The Bertz CT molecular complexity index is 539. The van der Waals surface area contributed by atoms with Crippen molar-refractivity contribution in [1.29, 1.82) is 0 Å². The molecule has 0 aliphatic carbocycles. The normalized spacial score (nSPS) is 12.7. The summed E-state index contributed by atoms with van der Waals surface area (Å²) in [7, 11) is 0. The summed E-state index contributed by atoms with van der Waals surface area (Å²) in [6, 6.07) is 5.67. The first-order chi connectivity index (χ1) is 8.60. The summed E-state index contributed by atoms with van der Waals surface area (Å²) in [6.45, 7) is 2.93. The number of benzene rings is 1. The van der Waals surface area contributed by atoms with Gasteiger partial charge in [-0.25, -0.2) is 0 Å². The van der Waals surface area contributed by atoms with E-state index in [0.29, 0.717) is 5.02 Å².